The molecule has 0 fully saturated rings. The van der Waals surface area contributed by atoms with E-state index in [1.165, 1.54) is 0 Å². The third-order valence-corrected chi connectivity index (χ3v) is 1.39. The average molecular weight is 232 g/mol. The summed E-state index contributed by atoms with van der Waals surface area (Å²) in [6.07, 6.45) is 0. The molecule has 86 valence electrons. The number of hydrogen-bond donors (Lipinski definition) is 4. The number of nitrogens with zero attached hydrogens (tertiary/aromatic N) is 8. The average Bonchev–Trinajstić information content (AvgIpc) is 2.87. The zero-order valence-electron chi connectivity index (χ0n) is 7.29. The summed E-state index contributed by atoms with van der Waals surface area (Å²) in [6, 6.07) is 0. The quantitative estimate of drug-likeness (QED) is 0.309. The molecule has 0 saturated carbocycles. The molecule has 16 heavy (non-hydrogen) atoms. The zero-order valence-corrected chi connectivity index (χ0v) is 7.29. The van der Waals surface area contributed by atoms with Crippen molar-refractivity contribution in [2.75, 3.05) is 11.2 Å². The number of tetrazole rings is 2. The SMILES string of the molecule is OONn1nnnc1-c1nnnn1NOO. The summed E-state index contributed by atoms with van der Waals surface area (Å²) in [5.74, 6) is -0.0489. The van der Waals surface area contributed by atoms with Gasteiger partial charge in [-0.05, 0) is 20.9 Å². The molecule has 4 N–H and O–H groups in total. The Bertz CT molecular complexity index is 407. The lowest BCUT2D eigenvalue weighted by molar-refractivity contribution is -0.231. The van der Waals surface area contributed by atoms with Crippen LogP contribution in [0.1, 0.15) is 0 Å². The van der Waals surface area contributed by atoms with Gasteiger partial charge in [0.2, 0.25) is 11.6 Å². The van der Waals surface area contributed by atoms with Gasteiger partial charge in [-0.3, -0.25) is 0 Å². The Kier molecular flexibility index (Phi) is 2.78. The number of hydrogen-bond acceptors (Lipinski definition) is 12. The number of rotatable bonds is 5. The van der Waals surface area contributed by atoms with Crippen molar-refractivity contribution in [1.82, 2.24) is 40.6 Å². The molecule has 0 atom stereocenters. The summed E-state index contributed by atoms with van der Waals surface area (Å²) < 4.78 is 0. The first-order valence-electron chi connectivity index (χ1n) is 3.57. The van der Waals surface area contributed by atoms with Gasteiger partial charge in [0, 0.05) is 0 Å². The third-order valence-electron chi connectivity index (χ3n) is 1.39. The molecular weight excluding hydrogens is 228 g/mol. The van der Waals surface area contributed by atoms with Crippen LogP contribution in [0.15, 0.2) is 0 Å². The van der Waals surface area contributed by atoms with Crippen LogP contribution in [0, 0.1) is 0 Å². The first kappa shape index (κ1) is 10.1. The van der Waals surface area contributed by atoms with E-state index in [0.29, 0.717) is 0 Å². The molecule has 0 aliphatic heterocycles. The Morgan fingerprint density at radius 2 is 1.31 bits per heavy atom. The van der Waals surface area contributed by atoms with E-state index in [-0.39, 0.29) is 11.6 Å². The zero-order chi connectivity index (χ0) is 11.4. The lowest BCUT2D eigenvalue weighted by Gasteiger charge is -2.03. The molecule has 0 saturated heterocycles. The molecule has 2 rings (SSSR count). The second-order valence-electron chi connectivity index (χ2n) is 2.19. The fourth-order valence-electron chi connectivity index (χ4n) is 0.853. The minimum absolute atomic E-state index is 0.0244. The van der Waals surface area contributed by atoms with Gasteiger partial charge in [-0.2, -0.15) is 11.2 Å². The van der Waals surface area contributed by atoms with E-state index in [1.807, 2.05) is 11.2 Å². The molecule has 0 aliphatic rings. The summed E-state index contributed by atoms with van der Waals surface area (Å²) in [5, 5.41) is 36.7. The minimum atomic E-state index is -0.0244. The van der Waals surface area contributed by atoms with E-state index < -0.39 is 0 Å². The molecule has 0 unspecified atom stereocenters. The summed E-state index contributed by atoms with van der Waals surface area (Å²) in [7, 11) is 0. The van der Waals surface area contributed by atoms with Gasteiger partial charge < -0.3 is 0 Å². The summed E-state index contributed by atoms with van der Waals surface area (Å²) in [6.45, 7) is 0. The molecule has 14 nitrogen and oxygen atoms in total. The monoisotopic (exact) mass is 232 g/mol. The van der Waals surface area contributed by atoms with Crippen LogP contribution in [0.2, 0.25) is 0 Å². The van der Waals surface area contributed by atoms with Gasteiger partial charge in [0.05, 0.1) is 0 Å². The lowest BCUT2D eigenvalue weighted by atomic mass is 10.6. The van der Waals surface area contributed by atoms with Gasteiger partial charge in [-0.25, -0.2) is 10.5 Å². The van der Waals surface area contributed by atoms with Crippen molar-refractivity contribution >= 4 is 0 Å². The molecule has 14 heteroatoms. The number of nitrogens with one attached hydrogen (secondary N) is 2. The van der Waals surface area contributed by atoms with Gasteiger partial charge in [0.25, 0.3) is 0 Å². The van der Waals surface area contributed by atoms with Crippen molar-refractivity contribution in [1.29, 1.82) is 0 Å². The van der Waals surface area contributed by atoms with E-state index in [0.717, 1.165) is 9.58 Å². The Morgan fingerprint density at radius 1 is 0.875 bits per heavy atom. The second kappa shape index (κ2) is 4.40. The van der Waals surface area contributed by atoms with Crippen molar-refractivity contribution in [3.05, 3.63) is 0 Å². The van der Waals surface area contributed by atoms with Crippen LogP contribution in [0.4, 0.5) is 0 Å². The van der Waals surface area contributed by atoms with Gasteiger partial charge in [0.15, 0.2) is 0 Å². The molecule has 0 aliphatic carbocycles. The highest BCUT2D eigenvalue weighted by atomic mass is 17.2. The maximum atomic E-state index is 8.17. The predicted octanol–water partition coefficient (Wildman–Crippen LogP) is -2.78. The van der Waals surface area contributed by atoms with Crippen molar-refractivity contribution in [3.63, 3.8) is 0 Å². The van der Waals surface area contributed by atoms with Crippen molar-refractivity contribution in [3.8, 4) is 11.6 Å². The maximum absolute atomic E-state index is 8.17. The summed E-state index contributed by atoms with van der Waals surface area (Å²) in [5.41, 5.74) is 3.82. The van der Waals surface area contributed by atoms with E-state index in [1.54, 1.807) is 0 Å². The predicted molar refractivity (Wildman–Crippen MR) is 40.8 cm³/mol. The molecule has 0 radical (unpaired) electrons. The highest BCUT2D eigenvalue weighted by Gasteiger charge is 2.17. The lowest BCUT2D eigenvalue weighted by Crippen LogP contribution is -2.21. The Morgan fingerprint density at radius 3 is 1.69 bits per heavy atom. The van der Waals surface area contributed by atoms with E-state index in [4.69, 9.17) is 10.5 Å². The van der Waals surface area contributed by atoms with E-state index in [9.17, 15) is 0 Å². The largest absolute Gasteiger partial charge is 0.247 e. The summed E-state index contributed by atoms with van der Waals surface area (Å²) >= 11 is 0. The van der Waals surface area contributed by atoms with Gasteiger partial charge in [-0.1, -0.05) is 9.98 Å². The Labute approximate surface area is 85.1 Å². The van der Waals surface area contributed by atoms with Gasteiger partial charge in [0.1, 0.15) is 0 Å². The highest BCUT2D eigenvalue weighted by molar-refractivity contribution is 5.41. The third kappa shape index (κ3) is 1.70. The molecule has 0 amide bonds. The van der Waals surface area contributed by atoms with Crippen molar-refractivity contribution in [2.24, 2.45) is 0 Å². The Hall–Kier alpha value is -2.42. The first-order valence-corrected chi connectivity index (χ1v) is 3.57. The van der Waals surface area contributed by atoms with Crippen LogP contribution in [0.25, 0.3) is 11.6 Å². The highest BCUT2D eigenvalue weighted by Crippen LogP contribution is 2.07. The maximum Gasteiger partial charge on any atom is 0.247 e. The fraction of sp³-hybridized carbons (Fsp3) is 0. The molecule has 2 aromatic rings. The molecule has 2 aromatic heterocycles. The van der Waals surface area contributed by atoms with Crippen LogP contribution in [0.3, 0.4) is 0 Å². The molecule has 0 bridgehead atoms. The minimum Gasteiger partial charge on any atom is -0.226 e. The van der Waals surface area contributed by atoms with Crippen LogP contribution in [-0.2, 0) is 9.98 Å². The topological polar surface area (TPSA) is 170 Å². The van der Waals surface area contributed by atoms with E-state index in [2.05, 4.69) is 41.0 Å². The van der Waals surface area contributed by atoms with Crippen LogP contribution >= 0.6 is 0 Å². The van der Waals surface area contributed by atoms with Crippen LogP contribution < -0.4 is 11.2 Å². The van der Waals surface area contributed by atoms with Crippen molar-refractivity contribution in [2.45, 2.75) is 0 Å². The molecule has 2 heterocycles. The van der Waals surface area contributed by atoms with Gasteiger partial charge >= 0.3 is 0 Å². The smallest absolute Gasteiger partial charge is 0.226 e. The second-order valence-corrected chi connectivity index (χ2v) is 2.19. The van der Waals surface area contributed by atoms with Crippen molar-refractivity contribution < 1.29 is 20.5 Å². The number of aromatic nitrogens is 8. The van der Waals surface area contributed by atoms with E-state index >= 15 is 0 Å². The molecule has 0 aromatic carbocycles. The fourth-order valence-corrected chi connectivity index (χ4v) is 0.853. The molecule has 0 spiro atoms. The van der Waals surface area contributed by atoms with Crippen LogP contribution in [0.5, 0.6) is 0 Å². The summed E-state index contributed by atoms with van der Waals surface area (Å²) in [4.78, 5) is 8.87. The standard InChI is InChI=1S/C2H4N10O4/c13-15-9-11-1(3-5-7-11)2-4-6-8-12(2)10-16-14/h9-10,13-14H. The molecular formula is C2H4N10O4. The van der Waals surface area contributed by atoms with Crippen LogP contribution in [-0.4, -0.2) is 51.1 Å². The first-order chi connectivity index (χ1) is 7.86. The van der Waals surface area contributed by atoms with Gasteiger partial charge in [-0.15, -0.1) is 19.8 Å². The Balaban J connectivity index is 2.34. The normalized spacial score (nSPS) is 10.4.